The van der Waals surface area contributed by atoms with E-state index in [1.54, 1.807) is 0 Å². The molecule has 0 bridgehead atoms. The summed E-state index contributed by atoms with van der Waals surface area (Å²) in [5.41, 5.74) is 3.21. The smallest absolute Gasteiger partial charge is 0.149 e. The average molecular weight is 415 g/mol. The van der Waals surface area contributed by atoms with Crippen LogP contribution in [0.4, 0.5) is 0 Å². The molecule has 1 aromatic heterocycles. The molecule has 114 valence electrons. The monoisotopic (exact) mass is 415 g/mol. The number of hydrogen-bond donors (Lipinski definition) is 1. The summed E-state index contributed by atoms with van der Waals surface area (Å²) in [4.78, 5) is 7.66. The van der Waals surface area contributed by atoms with Gasteiger partial charge >= 0.3 is 0 Å². The molecule has 0 aliphatic heterocycles. The van der Waals surface area contributed by atoms with Crippen molar-refractivity contribution in [2.75, 3.05) is 6.61 Å². The third-order valence-corrected chi connectivity index (χ3v) is 4.17. The molecule has 5 heteroatoms. The van der Waals surface area contributed by atoms with Crippen LogP contribution in [0, 0.1) is 14.9 Å². The van der Waals surface area contributed by atoms with Gasteiger partial charge in [-0.2, -0.15) is 5.26 Å². The van der Waals surface area contributed by atoms with Gasteiger partial charge in [-0.25, -0.2) is 4.98 Å². The first-order valence-corrected chi connectivity index (χ1v) is 8.28. The normalized spacial score (nSPS) is 11.4. The van der Waals surface area contributed by atoms with Gasteiger partial charge in [-0.1, -0.05) is 18.2 Å². The number of halogens is 1. The van der Waals surface area contributed by atoms with E-state index in [0.717, 1.165) is 25.9 Å². The van der Waals surface area contributed by atoms with Crippen LogP contribution in [-0.2, 0) is 0 Å². The summed E-state index contributed by atoms with van der Waals surface area (Å²) in [6.07, 6.45) is 1.83. The summed E-state index contributed by atoms with van der Waals surface area (Å²) in [5, 5.41) is 9.47. The first-order valence-electron chi connectivity index (χ1n) is 7.20. The number of nitrogens with zero attached hydrogens (tertiary/aromatic N) is 2. The van der Waals surface area contributed by atoms with Crippen LogP contribution in [0.3, 0.4) is 0 Å². The van der Waals surface area contributed by atoms with Crippen LogP contribution in [-0.4, -0.2) is 16.6 Å². The quantitative estimate of drug-likeness (QED) is 0.499. The van der Waals surface area contributed by atoms with Gasteiger partial charge in [-0.05, 0) is 65.4 Å². The minimum atomic E-state index is 0.501. The molecule has 1 N–H and O–H groups in total. The van der Waals surface area contributed by atoms with Gasteiger partial charge in [0.1, 0.15) is 17.6 Å². The Morgan fingerprint density at radius 2 is 2.17 bits per heavy atom. The van der Waals surface area contributed by atoms with Gasteiger partial charge in [0.05, 0.1) is 26.8 Å². The van der Waals surface area contributed by atoms with Crippen molar-refractivity contribution in [1.82, 2.24) is 9.97 Å². The molecule has 3 aromatic rings. The number of nitriles is 1. The van der Waals surface area contributed by atoms with Crippen molar-refractivity contribution in [3.8, 4) is 11.8 Å². The molecular formula is C18H14IN3O. The molecule has 2 aromatic carbocycles. The highest BCUT2D eigenvalue weighted by molar-refractivity contribution is 14.1. The van der Waals surface area contributed by atoms with Gasteiger partial charge in [-0.3, -0.25) is 0 Å². The van der Waals surface area contributed by atoms with E-state index in [-0.39, 0.29) is 0 Å². The van der Waals surface area contributed by atoms with Gasteiger partial charge in [0.2, 0.25) is 0 Å². The average Bonchev–Trinajstić information content (AvgIpc) is 2.99. The minimum Gasteiger partial charge on any atom is -0.493 e. The minimum absolute atomic E-state index is 0.501. The predicted octanol–water partition coefficient (Wildman–Crippen LogP) is 4.63. The van der Waals surface area contributed by atoms with Crippen LogP contribution < -0.4 is 4.74 Å². The number of nitrogens with one attached hydrogen (secondary N) is 1. The number of imidazole rings is 1. The van der Waals surface area contributed by atoms with Gasteiger partial charge < -0.3 is 9.72 Å². The predicted molar refractivity (Wildman–Crippen MR) is 99.9 cm³/mol. The molecule has 4 nitrogen and oxygen atoms in total. The molecule has 0 atom stereocenters. The fourth-order valence-corrected chi connectivity index (χ4v) is 2.98. The van der Waals surface area contributed by atoms with E-state index < -0.39 is 0 Å². The maximum absolute atomic E-state index is 9.47. The third kappa shape index (κ3) is 3.37. The lowest BCUT2D eigenvalue weighted by molar-refractivity contribution is 0.338. The van der Waals surface area contributed by atoms with E-state index in [9.17, 15) is 5.26 Å². The zero-order valence-corrected chi connectivity index (χ0v) is 14.7. The highest BCUT2D eigenvalue weighted by Gasteiger charge is 2.08. The standard InChI is InChI=1S/C18H14IN3O/c1-2-23-17-8-7-12(10-14(17)19)9-13(11-20)18-21-15-5-3-4-6-16(15)22-18/h3-10H,2H2,1H3,(H,21,22)/b13-9-. The second-order valence-electron chi connectivity index (χ2n) is 4.90. The summed E-state index contributed by atoms with van der Waals surface area (Å²) >= 11 is 2.23. The van der Waals surface area contributed by atoms with Crippen LogP contribution >= 0.6 is 22.6 Å². The van der Waals surface area contributed by atoms with Crippen molar-refractivity contribution < 1.29 is 4.74 Å². The summed E-state index contributed by atoms with van der Waals surface area (Å²) in [6.45, 7) is 2.59. The molecule has 0 saturated heterocycles. The number of aromatic amines is 1. The van der Waals surface area contributed by atoms with Crippen LogP contribution in [0.5, 0.6) is 5.75 Å². The lowest BCUT2D eigenvalue weighted by Crippen LogP contribution is -1.94. The molecule has 0 saturated carbocycles. The van der Waals surface area contributed by atoms with Crippen molar-refractivity contribution in [2.24, 2.45) is 0 Å². The van der Waals surface area contributed by atoms with Crippen LogP contribution in [0.15, 0.2) is 42.5 Å². The molecule has 23 heavy (non-hydrogen) atoms. The first-order chi connectivity index (χ1) is 11.2. The van der Waals surface area contributed by atoms with Crippen molar-refractivity contribution >= 4 is 45.3 Å². The highest BCUT2D eigenvalue weighted by atomic mass is 127. The molecule has 0 fully saturated rings. The van der Waals surface area contributed by atoms with E-state index >= 15 is 0 Å². The molecule has 0 spiro atoms. The number of fused-ring (bicyclic) bond motifs is 1. The fraction of sp³-hybridized carbons (Fsp3) is 0.111. The van der Waals surface area contributed by atoms with Crippen LogP contribution in [0.1, 0.15) is 18.3 Å². The summed E-state index contributed by atoms with van der Waals surface area (Å²) in [6, 6.07) is 15.8. The molecule has 1 heterocycles. The third-order valence-electron chi connectivity index (χ3n) is 3.33. The van der Waals surface area contributed by atoms with E-state index in [1.807, 2.05) is 55.5 Å². The molecule has 0 aliphatic carbocycles. The Labute approximate surface area is 148 Å². The molecule has 0 amide bonds. The van der Waals surface area contributed by atoms with Gasteiger partial charge in [0, 0.05) is 0 Å². The molecule has 0 aliphatic rings. The van der Waals surface area contributed by atoms with Crippen LogP contribution in [0.2, 0.25) is 0 Å². The van der Waals surface area contributed by atoms with Gasteiger partial charge in [0.25, 0.3) is 0 Å². The lowest BCUT2D eigenvalue weighted by atomic mass is 10.1. The Morgan fingerprint density at radius 3 is 2.87 bits per heavy atom. The second-order valence-corrected chi connectivity index (χ2v) is 6.06. The Kier molecular flexibility index (Phi) is 4.63. The molecular weight excluding hydrogens is 401 g/mol. The summed E-state index contributed by atoms with van der Waals surface area (Å²) < 4.78 is 6.55. The largest absolute Gasteiger partial charge is 0.493 e. The zero-order chi connectivity index (χ0) is 16.2. The van der Waals surface area contributed by atoms with Crippen molar-refractivity contribution in [1.29, 1.82) is 5.26 Å². The number of ether oxygens (including phenoxy) is 1. The summed E-state index contributed by atoms with van der Waals surface area (Å²) in [7, 11) is 0. The number of allylic oxidation sites excluding steroid dienone is 1. The number of para-hydroxylation sites is 2. The lowest BCUT2D eigenvalue weighted by Gasteiger charge is -2.06. The topological polar surface area (TPSA) is 61.7 Å². The SMILES string of the molecule is CCOc1ccc(/C=C(/C#N)c2nc3ccccc3[nH]2)cc1I. The van der Waals surface area contributed by atoms with Gasteiger partial charge in [-0.15, -0.1) is 0 Å². The Bertz CT molecular complexity index is 888. The first kappa shape index (κ1) is 15.6. The Hall–Kier alpha value is -2.33. The molecule has 0 unspecified atom stereocenters. The van der Waals surface area contributed by atoms with Crippen molar-refractivity contribution in [2.45, 2.75) is 6.92 Å². The van der Waals surface area contributed by atoms with Crippen molar-refractivity contribution in [3.63, 3.8) is 0 Å². The van der Waals surface area contributed by atoms with E-state index in [4.69, 9.17) is 4.74 Å². The highest BCUT2D eigenvalue weighted by Crippen LogP contribution is 2.25. The number of hydrogen-bond acceptors (Lipinski definition) is 3. The fourth-order valence-electron chi connectivity index (χ4n) is 2.28. The maximum atomic E-state index is 9.47. The van der Waals surface area contributed by atoms with Gasteiger partial charge in [0.15, 0.2) is 0 Å². The number of rotatable bonds is 4. The number of aromatic nitrogens is 2. The summed E-state index contributed by atoms with van der Waals surface area (Å²) in [5.74, 6) is 1.44. The second kappa shape index (κ2) is 6.84. The zero-order valence-electron chi connectivity index (χ0n) is 12.5. The molecule has 0 radical (unpaired) electrons. The Balaban J connectivity index is 1.98. The van der Waals surface area contributed by atoms with Crippen molar-refractivity contribution in [3.05, 3.63) is 57.4 Å². The van der Waals surface area contributed by atoms with E-state index in [2.05, 4.69) is 38.6 Å². The van der Waals surface area contributed by atoms with Crippen LogP contribution in [0.25, 0.3) is 22.7 Å². The molecule has 3 rings (SSSR count). The Morgan fingerprint density at radius 1 is 1.35 bits per heavy atom. The maximum Gasteiger partial charge on any atom is 0.149 e. The number of H-pyrrole nitrogens is 1. The van der Waals surface area contributed by atoms with E-state index in [0.29, 0.717) is 18.0 Å². The number of benzene rings is 2. The van der Waals surface area contributed by atoms with E-state index in [1.165, 1.54) is 0 Å².